The molecule has 15 aromatic carbocycles. The van der Waals surface area contributed by atoms with E-state index in [1.165, 1.54) is 119 Å². The zero-order valence-electron chi connectivity index (χ0n) is 82.2. The van der Waals surface area contributed by atoms with Gasteiger partial charge in [0.1, 0.15) is 34.2 Å². The SMILES string of the molecule is CCCCC(CC)CNc1ccc2ccccc2c1N=Nc1ccc(N=Nc2ccccc2C)cc1C.CCCCC(CC)COC(=O)c1ccccc1N=Nc1c(O)ccc2ccccc12.CCCCCCCCCCCCCCc1ccc2ccccc2c1N=Nc1ccc(N=Nc2ccccc2C)cc1C.Cc1ccccc1N=Nc1ccc(N=Nc2c(O)ccc3ccccc23)c(C)c1. The van der Waals surface area contributed by atoms with Crippen molar-refractivity contribution >= 4 is 134 Å². The van der Waals surface area contributed by atoms with Crippen LogP contribution >= 0.6 is 0 Å². The third kappa shape index (κ3) is 30.7. The number of hydrogen-bond donors (Lipinski definition) is 3. The Morgan fingerprint density at radius 3 is 1.04 bits per heavy atom. The molecule has 15 rings (SSSR count). The van der Waals surface area contributed by atoms with Crippen LogP contribution in [0.2, 0.25) is 0 Å². The van der Waals surface area contributed by atoms with Gasteiger partial charge < -0.3 is 20.3 Å². The van der Waals surface area contributed by atoms with Crippen LogP contribution in [0.25, 0.3) is 43.1 Å². The minimum absolute atomic E-state index is 0.0409. The number of anilines is 1. The van der Waals surface area contributed by atoms with Crippen LogP contribution < -0.4 is 5.32 Å². The van der Waals surface area contributed by atoms with E-state index in [1.54, 1.807) is 36.4 Å². The number of azo groups is 7. The Morgan fingerprint density at radius 1 is 0.290 bits per heavy atom. The fourth-order valence-corrected chi connectivity index (χ4v) is 16.3. The van der Waals surface area contributed by atoms with Crippen molar-refractivity contribution in [1.29, 1.82) is 0 Å². The maximum absolute atomic E-state index is 12.7. The molecule has 19 nitrogen and oxygen atoms in total. The van der Waals surface area contributed by atoms with Crippen molar-refractivity contribution in [3.8, 4) is 11.5 Å². The fraction of sp³-hybridized carbons (Fsp3) is 0.303. The van der Waals surface area contributed by atoms with Crippen LogP contribution in [-0.4, -0.2) is 29.3 Å². The Kier molecular flexibility index (Phi) is 40.7. The van der Waals surface area contributed by atoms with E-state index in [1.807, 2.05) is 223 Å². The van der Waals surface area contributed by atoms with Gasteiger partial charge in [0.15, 0.2) is 0 Å². The summed E-state index contributed by atoms with van der Waals surface area (Å²) in [6.07, 6.45) is 26.6. The maximum Gasteiger partial charge on any atom is 0.340 e. The summed E-state index contributed by atoms with van der Waals surface area (Å²) in [6.45, 7) is 24.6. The Labute approximate surface area is 815 Å². The lowest BCUT2D eigenvalue weighted by molar-refractivity contribution is 0.0429. The van der Waals surface area contributed by atoms with Gasteiger partial charge in [-0.15, -0.1) is 25.6 Å². The zero-order chi connectivity index (χ0) is 97.0. The first-order chi connectivity index (χ1) is 67.5. The summed E-state index contributed by atoms with van der Waals surface area (Å²) in [5.41, 5.74) is 19.4. The molecule has 0 aromatic heterocycles. The van der Waals surface area contributed by atoms with Gasteiger partial charge in [-0.05, 0) is 243 Å². The lowest BCUT2D eigenvalue weighted by Crippen LogP contribution is -2.14. The van der Waals surface area contributed by atoms with Gasteiger partial charge in [0.05, 0.1) is 74.7 Å². The summed E-state index contributed by atoms with van der Waals surface area (Å²) in [5.74, 6) is 0.768. The molecule has 3 N–H and O–H groups in total. The number of fused-ring (bicyclic) bond motifs is 4. The van der Waals surface area contributed by atoms with Gasteiger partial charge in [-0.3, -0.25) is 0 Å². The number of aromatic hydroxyl groups is 2. The van der Waals surface area contributed by atoms with E-state index in [0.717, 1.165) is 167 Å². The van der Waals surface area contributed by atoms with E-state index in [9.17, 15) is 15.0 Å². The van der Waals surface area contributed by atoms with Crippen molar-refractivity contribution in [3.63, 3.8) is 0 Å². The Bertz CT molecular complexity index is 6720. The van der Waals surface area contributed by atoms with Crippen LogP contribution in [0.1, 0.15) is 212 Å². The quantitative estimate of drug-likeness (QED) is 0.0191. The van der Waals surface area contributed by atoms with Crippen molar-refractivity contribution in [1.82, 2.24) is 0 Å². The number of aryl methyl sites for hydroxylation is 7. The third-order valence-corrected chi connectivity index (χ3v) is 24.9. The molecular weight excluding hydrogens is 1700 g/mol. The summed E-state index contributed by atoms with van der Waals surface area (Å²) in [6, 6.07) is 96.3. The smallest absolute Gasteiger partial charge is 0.340 e. The Morgan fingerprint density at radius 2 is 0.616 bits per heavy atom. The number of carbonyl (C=O) groups excluding carboxylic acids is 1. The topological polar surface area (TPSA) is 252 Å². The van der Waals surface area contributed by atoms with Gasteiger partial charge in [-0.1, -0.05) is 338 Å². The highest BCUT2D eigenvalue weighted by molar-refractivity contribution is 6.00. The molecule has 708 valence electrons. The average Bonchev–Trinajstić information content (AvgIpc) is 0.827. The molecule has 15 aromatic rings. The lowest BCUT2D eigenvalue weighted by Gasteiger charge is -2.18. The summed E-state index contributed by atoms with van der Waals surface area (Å²) in [7, 11) is 0. The molecular formula is C119H133N15O4. The highest BCUT2D eigenvalue weighted by atomic mass is 16.5. The molecule has 0 fully saturated rings. The summed E-state index contributed by atoms with van der Waals surface area (Å²) in [4.78, 5) is 12.7. The lowest BCUT2D eigenvalue weighted by atomic mass is 9.99. The van der Waals surface area contributed by atoms with Crippen LogP contribution in [0.15, 0.2) is 369 Å². The minimum atomic E-state index is -0.401. The number of carbonyl (C=O) groups is 1. The van der Waals surface area contributed by atoms with Crippen molar-refractivity contribution in [2.24, 2.45) is 83.4 Å². The van der Waals surface area contributed by atoms with Crippen LogP contribution in [0, 0.1) is 53.4 Å². The predicted octanol–water partition coefficient (Wildman–Crippen LogP) is 39.8. The molecule has 0 radical (unpaired) electrons. The van der Waals surface area contributed by atoms with Gasteiger partial charge in [0.2, 0.25) is 0 Å². The van der Waals surface area contributed by atoms with Crippen molar-refractivity contribution in [2.75, 3.05) is 18.5 Å². The van der Waals surface area contributed by atoms with E-state index in [4.69, 9.17) is 20.1 Å². The number of nitrogens with one attached hydrogen (secondary N) is 1. The third-order valence-electron chi connectivity index (χ3n) is 24.9. The van der Waals surface area contributed by atoms with Gasteiger partial charge >= 0.3 is 5.97 Å². The van der Waals surface area contributed by atoms with Gasteiger partial charge in [-0.2, -0.15) is 46.0 Å². The summed E-state index contributed by atoms with van der Waals surface area (Å²) in [5, 5.41) is 95.0. The summed E-state index contributed by atoms with van der Waals surface area (Å²) >= 11 is 0. The molecule has 0 aliphatic heterocycles. The van der Waals surface area contributed by atoms with Crippen molar-refractivity contribution < 1.29 is 19.7 Å². The van der Waals surface area contributed by atoms with E-state index in [-0.39, 0.29) is 11.5 Å². The second kappa shape index (κ2) is 54.8. The first-order valence-electron chi connectivity index (χ1n) is 49.3. The first-order valence-corrected chi connectivity index (χ1v) is 49.3. The second-order valence-electron chi connectivity index (χ2n) is 35.4. The molecule has 0 aliphatic carbocycles. The maximum atomic E-state index is 12.7. The van der Waals surface area contributed by atoms with Gasteiger partial charge in [0, 0.05) is 28.1 Å². The molecule has 0 heterocycles. The van der Waals surface area contributed by atoms with E-state index >= 15 is 0 Å². The molecule has 0 spiro atoms. The van der Waals surface area contributed by atoms with Crippen molar-refractivity contribution in [2.45, 2.75) is 211 Å². The monoisotopic (exact) mass is 1840 g/mol. The molecule has 138 heavy (non-hydrogen) atoms. The number of nitrogens with zero attached hydrogens (tertiary/aromatic N) is 14. The molecule has 0 saturated carbocycles. The largest absolute Gasteiger partial charge is 0.506 e. The predicted molar refractivity (Wildman–Crippen MR) is 572 cm³/mol. The fourth-order valence-electron chi connectivity index (χ4n) is 16.3. The Balaban J connectivity index is 0.000000167. The minimum Gasteiger partial charge on any atom is -0.506 e. The standard InChI is InChI=1S/C38H48N4.C32H37N5.C25H28N2O3.C24H20N4O/c1-4-5-6-7-8-9-10-11-12-13-14-15-22-33-26-25-32-21-17-18-23-35(32)38(33)42-41-37-28-27-34(29-31(37)3)39-40-36-24-19-16-20-30(36)2;1-5-7-13-25(6-2)22-33-31-19-17-26-14-9-10-15-28(26)32(31)37-36-30-20-18-27(21-24(30)4)34-35-29-16-11-8-12-23(29)3;1-3-5-10-18(4-2)17-30-25(29)21-13-8-9-14-22(21)26-27-24-20-12-7-6-11-19(20)15-16-23(24)28;1-16-7-3-6-10-21(16)26-25-19-12-13-22(17(2)15-19)27-28-24-20-9-5-4-8-18(20)11-14-23(24)29/h16-21,23-29H,4-15,22H2,1-3H3;8-12,14-21,25,33H,5-7,13,22H2,1-4H3;6-9,11-16,18,28H,3-5,10,17H2,1-2H3;3-15,29H,1-2H3. The molecule has 0 saturated heterocycles. The molecule has 0 bridgehead atoms. The highest BCUT2D eigenvalue weighted by Crippen LogP contribution is 2.43. The number of phenolic OH excluding ortho intramolecular Hbond substituents is 2. The normalized spacial score (nSPS) is 12.1. The number of ether oxygens (including phenoxy) is 1. The molecule has 19 heteroatoms. The van der Waals surface area contributed by atoms with Crippen LogP contribution in [0.3, 0.4) is 0 Å². The second-order valence-corrected chi connectivity index (χ2v) is 35.4. The zero-order valence-corrected chi connectivity index (χ0v) is 82.2. The number of benzene rings is 15. The summed E-state index contributed by atoms with van der Waals surface area (Å²) < 4.78 is 5.57. The number of rotatable bonds is 41. The van der Waals surface area contributed by atoms with Crippen LogP contribution in [0.5, 0.6) is 11.5 Å². The first kappa shape index (κ1) is 102. The molecule has 2 atom stereocenters. The van der Waals surface area contributed by atoms with E-state index in [0.29, 0.717) is 46.8 Å². The molecule has 0 amide bonds. The number of unbranched alkanes of at least 4 members (excludes halogenated alkanes) is 13. The van der Waals surface area contributed by atoms with Crippen LogP contribution in [-0.2, 0) is 11.2 Å². The van der Waals surface area contributed by atoms with Gasteiger partial charge in [-0.25, -0.2) is 4.79 Å². The van der Waals surface area contributed by atoms with E-state index < -0.39 is 5.97 Å². The number of hydrogen-bond acceptors (Lipinski definition) is 19. The molecule has 0 aliphatic rings. The highest BCUT2D eigenvalue weighted by Gasteiger charge is 2.19. The van der Waals surface area contributed by atoms with Gasteiger partial charge in [0.25, 0.3) is 0 Å². The van der Waals surface area contributed by atoms with Crippen molar-refractivity contribution in [3.05, 3.63) is 342 Å². The Hall–Kier alpha value is -14.6. The number of phenols is 2. The molecule has 2 unspecified atom stereocenters. The number of esters is 1. The van der Waals surface area contributed by atoms with Crippen LogP contribution in [0.4, 0.5) is 85.3 Å². The van der Waals surface area contributed by atoms with E-state index in [2.05, 4.69) is 176 Å². The average molecular weight is 1840 g/mol.